The Labute approximate surface area is 85.8 Å². The number of carbonyl (C=O) groups is 1. The molecule has 1 aromatic carbocycles. The van der Waals surface area contributed by atoms with Crippen molar-refractivity contribution in [3.63, 3.8) is 0 Å². The Morgan fingerprint density at radius 2 is 2.29 bits per heavy atom. The molecular formula is C11H10O2S. The van der Waals surface area contributed by atoms with Gasteiger partial charge in [-0.15, -0.1) is 11.3 Å². The van der Waals surface area contributed by atoms with Crippen molar-refractivity contribution >= 4 is 27.7 Å². The number of rotatable bonds is 2. The summed E-state index contributed by atoms with van der Waals surface area (Å²) < 4.78 is 0.976. The van der Waals surface area contributed by atoms with E-state index in [2.05, 4.69) is 0 Å². The molecule has 1 aromatic heterocycles. The van der Waals surface area contributed by atoms with Gasteiger partial charge in [-0.3, -0.25) is 4.79 Å². The van der Waals surface area contributed by atoms with E-state index < -0.39 is 0 Å². The molecule has 0 aliphatic carbocycles. The fourth-order valence-corrected chi connectivity index (χ4v) is 2.70. The summed E-state index contributed by atoms with van der Waals surface area (Å²) in [4.78, 5) is 10.8. The van der Waals surface area contributed by atoms with Crippen molar-refractivity contribution < 1.29 is 9.90 Å². The Morgan fingerprint density at radius 1 is 1.50 bits per heavy atom. The van der Waals surface area contributed by atoms with Gasteiger partial charge < -0.3 is 5.11 Å². The normalized spacial score (nSPS) is 10.7. The van der Waals surface area contributed by atoms with E-state index >= 15 is 0 Å². The second-order valence-corrected chi connectivity index (χ2v) is 4.09. The maximum Gasteiger partial charge on any atom is 0.151 e. The number of aryl methyl sites for hydroxylation is 1. The molecule has 0 radical (unpaired) electrons. The monoisotopic (exact) mass is 206 g/mol. The van der Waals surface area contributed by atoms with Crippen molar-refractivity contribution in [3.8, 4) is 0 Å². The molecule has 2 aromatic rings. The minimum absolute atomic E-state index is 0.0210. The molecule has 14 heavy (non-hydrogen) atoms. The fourth-order valence-electron chi connectivity index (χ4n) is 1.63. The van der Waals surface area contributed by atoms with Gasteiger partial charge in [0, 0.05) is 15.6 Å². The zero-order valence-corrected chi connectivity index (χ0v) is 8.60. The third-order valence-corrected chi connectivity index (χ3v) is 3.47. The standard InChI is InChI=1S/C11H10O2S/c1-7-6-14-11-9(5-13)3-2-8(4-12)10(7)11/h2-3,5-6,12H,4H2,1H3. The van der Waals surface area contributed by atoms with Gasteiger partial charge in [-0.2, -0.15) is 0 Å². The Kier molecular flexibility index (Phi) is 2.35. The van der Waals surface area contributed by atoms with Gasteiger partial charge in [0.1, 0.15) is 0 Å². The van der Waals surface area contributed by atoms with Crippen molar-refractivity contribution in [2.45, 2.75) is 13.5 Å². The van der Waals surface area contributed by atoms with Crippen LogP contribution in [0.3, 0.4) is 0 Å². The second kappa shape index (κ2) is 3.52. The SMILES string of the molecule is Cc1csc2c(C=O)ccc(CO)c12. The van der Waals surface area contributed by atoms with Gasteiger partial charge in [-0.1, -0.05) is 6.07 Å². The Hall–Kier alpha value is -1.19. The highest BCUT2D eigenvalue weighted by atomic mass is 32.1. The van der Waals surface area contributed by atoms with Crippen LogP contribution in [0.4, 0.5) is 0 Å². The maximum absolute atomic E-state index is 10.8. The molecule has 0 amide bonds. The van der Waals surface area contributed by atoms with Crippen LogP contribution < -0.4 is 0 Å². The number of carbonyl (C=O) groups excluding carboxylic acids is 1. The summed E-state index contributed by atoms with van der Waals surface area (Å²) >= 11 is 1.55. The molecular weight excluding hydrogens is 196 g/mol. The Balaban J connectivity index is 2.87. The molecule has 1 N–H and O–H groups in total. The second-order valence-electron chi connectivity index (χ2n) is 3.21. The molecule has 2 nitrogen and oxygen atoms in total. The van der Waals surface area contributed by atoms with Crippen molar-refractivity contribution in [2.24, 2.45) is 0 Å². The highest BCUT2D eigenvalue weighted by Crippen LogP contribution is 2.30. The molecule has 1 heterocycles. The van der Waals surface area contributed by atoms with E-state index in [1.165, 1.54) is 0 Å². The number of aliphatic hydroxyl groups is 1. The molecule has 0 atom stereocenters. The van der Waals surface area contributed by atoms with Gasteiger partial charge in [-0.25, -0.2) is 0 Å². The van der Waals surface area contributed by atoms with Crippen LogP contribution in [-0.4, -0.2) is 11.4 Å². The number of aldehydes is 1. The molecule has 0 fully saturated rings. The van der Waals surface area contributed by atoms with Crippen molar-refractivity contribution in [3.05, 3.63) is 34.2 Å². The lowest BCUT2D eigenvalue weighted by Gasteiger charge is -2.02. The first kappa shape index (κ1) is 9.37. The number of thiophene rings is 1. The van der Waals surface area contributed by atoms with Crippen molar-refractivity contribution in [1.29, 1.82) is 0 Å². The van der Waals surface area contributed by atoms with Gasteiger partial charge in [0.25, 0.3) is 0 Å². The molecule has 0 aliphatic rings. The van der Waals surface area contributed by atoms with Crippen LogP contribution >= 0.6 is 11.3 Å². The number of benzene rings is 1. The molecule has 0 spiro atoms. The summed E-state index contributed by atoms with van der Waals surface area (Å²) in [5.41, 5.74) is 2.72. The van der Waals surface area contributed by atoms with Crippen LogP contribution in [-0.2, 0) is 6.61 Å². The average molecular weight is 206 g/mol. The van der Waals surface area contributed by atoms with E-state index in [1.54, 1.807) is 17.4 Å². The average Bonchev–Trinajstić information content (AvgIpc) is 2.60. The Morgan fingerprint density at radius 3 is 2.93 bits per heavy atom. The molecule has 0 saturated heterocycles. The van der Waals surface area contributed by atoms with Crippen LogP contribution in [0.25, 0.3) is 10.1 Å². The molecule has 0 saturated carbocycles. The lowest BCUT2D eigenvalue weighted by atomic mass is 10.0. The third-order valence-electron chi connectivity index (χ3n) is 2.32. The van der Waals surface area contributed by atoms with Gasteiger partial charge in [0.05, 0.1) is 6.61 Å². The largest absolute Gasteiger partial charge is 0.392 e. The molecule has 0 bridgehead atoms. The van der Waals surface area contributed by atoms with Gasteiger partial charge >= 0.3 is 0 Å². The van der Waals surface area contributed by atoms with Crippen molar-refractivity contribution in [1.82, 2.24) is 0 Å². The maximum atomic E-state index is 10.8. The van der Waals surface area contributed by atoms with E-state index in [0.717, 1.165) is 27.5 Å². The summed E-state index contributed by atoms with van der Waals surface area (Å²) in [6.07, 6.45) is 0.861. The van der Waals surface area contributed by atoms with Crippen molar-refractivity contribution in [2.75, 3.05) is 0 Å². The first-order valence-electron chi connectivity index (χ1n) is 4.33. The highest BCUT2D eigenvalue weighted by Gasteiger charge is 2.08. The smallest absolute Gasteiger partial charge is 0.151 e. The van der Waals surface area contributed by atoms with E-state index in [4.69, 9.17) is 5.11 Å². The number of aliphatic hydroxyl groups excluding tert-OH is 1. The topological polar surface area (TPSA) is 37.3 Å². The van der Waals surface area contributed by atoms with Crippen LogP contribution in [0.5, 0.6) is 0 Å². The number of hydrogen-bond donors (Lipinski definition) is 1. The van der Waals surface area contributed by atoms with E-state index in [-0.39, 0.29) is 6.61 Å². The van der Waals surface area contributed by atoms with E-state index in [9.17, 15) is 4.79 Å². The summed E-state index contributed by atoms with van der Waals surface area (Å²) in [6.45, 7) is 2.01. The summed E-state index contributed by atoms with van der Waals surface area (Å²) in [7, 11) is 0. The Bertz CT molecular complexity index is 485. The van der Waals surface area contributed by atoms with Gasteiger partial charge in [0.15, 0.2) is 6.29 Å². The third kappa shape index (κ3) is 1.25. The molecule has 72 valence electrons. The van der Waals surface area contributed by atoms with Crippen LogP contribution in [0.15, 0.2) is 17.5 Å². The lowest BCUT2D eigenvalue weighted by Crippen LogP contribution is -1.88. The lowest BCUT2D eigenvalue weighted by molar-refractivity contribution is 0.112. The quantitative estimate of drug-likeness (QED) is 0.766. The zero-order valence-electron chi connectivity index (χ0n) is 7.78. The van der Waals surface area contributed by atoms with Crippen LogP contribution in [0.1, 0.15) is 21.5 Å². The first-order valence-corrected chi connectivity index (χ1v) is 5.21. The van der Waals surface area contributed by atoms with Crippen LogP contribution in [0.2, 0.25) is 0 Å². The fraction of sp³-hybridized carbons (Fsp3) is 0.182. The molecule has 2 rings (SSSR count). The number of hydrogen-bond acceptors (Lipinski definition) is 3. The minimum Gasteiger partial charge on any atom is -0.392 e. The number of fused-ring (bicyclic) bond motifs is 1. The van der Waals surface area contributed by atoms with Crippen LogP contribution in [0, 0.1) is 6.92 Å². The first-order chi connectivity index (χ1) is 6.77. The zero-order chi connectivity index (χ0) is 10.1. The predicted molar refractivity (Wildman–Crippen MR) is 57.9 cm³/mol. The molecule has 0 aliphatic heterocycles. The van der Waals surface area contributed by atoms with E-state index in [0.29, 0.717) is 5.56 Å². The minimum atomic E-state index is 0.0210. The molecule has 0 unspecified atom stereocenters. The highest BCUT2D eigenvalue weighted by molar-refractivity contribution is 7.17. The summed E-state index contributed by atoms with van der Waals surface area (Å²) in [5, 5.41) is 12.2. The van der Waals surface area contributed by atoms with E-state index in [1.807, 2.05) is 18.4 Å². The molecule has 3 heteroatoms. The predicted octanol–water partition coefficient (Wildman–Crippen LogP) is 2.51. The van der Waals surface area contributed by atoms with Gasteiger partial charge in [-0.05, 0) is 29.5 Å². The summed E-state index contributed by atoms with van der Waals surface area (Å²) in [6, 6.07) is 3.57. The summed E-state index contributed by atoms with van der Waals surface area (Å²) in [5.74, 6) is 0. The van der Waals surface area contributed by atoms with Gasteiger partial charge in [0.2, 0.25) is 0 Å².